The summed E-state index contributed by atoms with van der Waals surface area (Å²) in [5, 5.41) is 10.6. The van der Waals surface area contributed by atoms with E-state index in [1.807, 2.05) is 0 Å². The lowest BCUT2D eigenvalue weighted by Crippen LogP contribution is -2.05. The molecule has 0 bridgehead atoms. The van der Waals surface area contributed by atoms with Gasteiger partial charge in [-0.3, -0.25) is 14.7 Å². The van der Waals surface area contributed by atoms with Crippen molar-refractivity contribution in [2.45, 2.75) is 32.5 Å². The first-order valence-electron chi connectivity index (χ1n) is 5.67. The molecule has 0 aromatic heterocycles. The Kier molecular flexibility index (Phi) is 5.17. The minimum Gasteiger partial charge on any atom is -0.324 e. The van der Waals surface area contributed by atoms with E-state index in [0.29, 0.717) is 6.42 Å². The van der Waals surface area contributed by atoms with Crippen LogP contribution in [0.1, 0.15) is 25.8 Å². The third-order valence-corrected chi connectivity index (χ3v) is 3.91. The largest absolute Gasteiger partial charge is 0.332 e. The van der Waals surface area contributed by atoms with Crippen LogP contribution in [0.25, 0.3) is 0 Å². The lowest BCUT2D eigenvalue weighted by Gasteiger charge is -2.16. The predicted octanol–water partition coefficient (Wildman–Crippen LogP) is 3.23. The van der Waals surface area contributed by atoms with Gasteiger partial charge in [-0.25, -0.2) is 4.39 Å². The van der Waals surface area contributed by atoms with Crippen molar-refractivity contribution >= 4 is 13.3 Å². The summed E-state index contributed by atoms with van der Waals surface area (Å²) in [6, 6.07) is 2.79. The summed E-state index contributed by atoms with van der Waals surface area (Å²) in [5.41, 5.74) is -0.403. The molecule has 8 heteroatoms. The molecule has 2 unspecified atom stereocenters. The summed E-state index contributed by atoms with van der Waals surface area (Å²) >= 11 is 0. The van der Waals surface area contributed by atoms with Gasteiger partial charge in [-0.05, 0) is 25.0 Å². The second kappa shape index (κ2) is 6.23. The average molecular weight is 291 g/mol. The molecule has 1 rings (SSSR count). The number of nitro groups is 1. The maximum Gasteiger partial charge on any atom is 0.332 e. The van der Waals surface area contributed by atoms with Crippen molar-refractivity contribution in [2.75, 3.05) is 0 Å². The molecule has 19 heavy (non-hydrogen) atoms. The van der Waals surface area contributed by atoms with Crippen LogP contribution in [0, 0.1) is 15.9 Å². The SMILES string of the molecule is CCC(C)OP(=O)(O)Cc1cc(F)cc([N+](=O)[O-])c1. The second-order valence-corrected chi connectivity index (χ2v) is 6.00. The van der Waals surface area contributed by atoms with Crippen molar-refractivity contribution in [3.63, 3.8) is 0 Å². The molecule has 0 aliphatic heterocycles. The maximum absolute atomic E-state index is 13.2. The summed E-state index contributed by atoms with van der Waals surface area (Å²) in [5.74, 6) is -0.826. The first-order valence-corrected chi connectivity index (χ1v) is 7.44. The van der Waals surface area contributed by atoms with E-state index in [0.717, 1.165) is 18.2 Å². The number of hydrogen-bond acceptors (Lipinski definition) is 4. The molecule has 106 valence electrons. The highest BCUT2D eigenvalue weighted by molar-refractivity contribution is 7.51. The van der Waals surface area contributed by atoms with Gasteiger partial charge in [0.15, 0.2) is 0 Å². The van der Waals surface area contributed by atoms with Crippen LogP contribution < -0.4 is 0 Å². The molecule has 0 aliphatic rings. The predicted molar refractivity (Wildman–Crippen MR) is 67.4 cm³/mol. The van der Waals surface area contributed by atoms with Gasteiger partial charge in [0, 0.05) is 6.07 Å². The minimum atomic E-state index is -3.95. The molecule has 0 amide bonds. The highest BCUT2D eigenvalue weighted by atomic mass is 31.2. The Hall–Kier alpha value is -1.30. The Balaban J connectivity index is 2.93. The second-order valence-electron chi connectivity index (χ2n) is 4.19. The molecular weight excluding hydrogens is 276 g/mol. The van der Waals surface area contributed by atoms with Crippen molar-refractivity contribution in [1.82, 2.24) is 0 Å². The maximum atomic E-state index is 13.2. The molecule has 0 saturated heterocycles. The molecular formula is C11H15FNO5P. The van der Waals surface area contributed by atoms with E-state index >= 15 is 0 Å². The Morgan fingerprint density at radius 1 is 1.53 bits per heavy atom. The number of non-ortho nitro benzene ring substituents is 1. The first kappa shape index (κ1) is 15.8. The molecule has 2 atom stereocenters. The molecule has 1 aromatic carbocycles. The number of halogens is 1. The highest BCUT2D eigenvalue weighted by Gasteiger charge is 2.24. The number of hydrogen-bond donors (Lipinski definition) is 1. The van der Waals surface area contributed by atoms with E-state index in [4.69, 9.17) is 4.52 Å². The van der Waals surface area contributed by atoms with Crippen LogP contribution >= 0.6 is 7.60 Å². The molecule has 0 saturated carbocycles. The number of rotatable bonds is 6. The van der Waals surface area contributed by atoms with Crippen molar-refractivity contribution in [1.29, 1.82) is 0 Å². The van der Waals surface area contributed by atoms with Crippen molar-refractivity contribution < 1.29 is 23.3 Å². The topological polar surface area (TPSA) is 89.7 Å². The van der Waals surface area contributed by atoms with E-state index in [1.165, 1.54) is 0 Å². The summed E-state index contributed by atoms with van der Waals surface area (Å²) in [7, 11) is -3.95. The van der Waals surface area contributed by atoms with Crippen molar-refractivity contribution in [3.05, 3.63) is 39.7 Å². The smallest absolute Gasteiger partial charge is 0.324 e. The first-order chi connectivity index (χ1) is 8.73. The van der Waals surface area contributed by atoms with Crippen LogP contribution in [0.2, 0.25) is 0 Å². The average Bonchev–Trinajstić information content (AvgIpc) is 2.26. The molecule has 1 aromatic rings. The van der Waals surface area contributed by atoms with Gasteiger partial charge in [-0.2, -0.15) is 0 Å². The third-order valence-electron chi connectivity index (χ3n) is 2.46. The van der Waals surface area contributed by atoms with E-state index in [1.54, 1.807) is 13.8 Å². The van der Waals surface area contributed by atoms with Gasteiger partial charge in [-0.15, -0.1) is 0 Å². The van der Waals surface area contributed by atoms with E-state index < -0.39 is 36.3 Å². The molecule has 1 N–H and O–H groups in total. The lowest BCUT2D eigenvalue weighted by atomic mass is 10.2. The van der Waals surface area contributed by atoms with Crippen LogP contribution in [0.5, 0.6) is 0 Å². The third kappa shape index (κ3) is 5.06. The zero-order chi connectivity index (χ0) is 14.6. The highest BCUT2D eigenvalue weighted by Crippen LogP contribution is 2.47. The lowest BCUT2D eigenvalue weighted by molar-refractivity contribution is -0.385. The van der Waals surface area contributed by atoms with Gasteiger partial charge in [0.2, 0.25) is 0 Å². The molecule has 0 aliphatic carbocycles. The Labute approximate surface area is 109 Å². The fourth-order valence-corrected chi connectivity index (χ4v) is 2.88. The van der Waals surface area contributed by atoms with Crippen LogP contribution in [-0.2, 0) is 15.3 Å². The minimum absolute atomic E-state index is 0.0563. The van der Waals surface area contributed by atoms with Gasteiger partial charge in [0.1, 0.15) is 5.82 Å². The molecule has 0 radical (unpaired) electrons. The summed E-state index contributed by atoms with van der Waals surface area (Å²) < 4.78 is 29.9. The summed E-state index contributed by atoms with van der Waals surface area (Å²) in [6.07, 6.45) is -0.330. The standard InChI is InChI=1S/C11H15FNO5P/c1-3-8(2)18-19(16,17)7-9-4-10(12)6-11(5-9)13(14)15/h4-6,8H,3,7H2,1-2H3,(H,16,17). The van der Waals surface area contributed by atoms with Gasteiger partial charge in [0.05, 0.1) is 23.3 Å². The van der Waals surface area contributed by atoms with Gasteiger partial charge in [-0.1, -0.05) is 6.92 Å². The fourth-order valence-electron chi connectivity index (χ4n) is 1.45. The molecule has 0 heterocycles. The summed E-state index contributed by atoms with van der Waals surface area (Å²) in [6.45, 7) is 3.43. The number of nitro benzene ring substituents is 1. The summed E-state index contributed by atoms with van der Waals surface area (Å²) in [4.78, 5) is 19.4. The van der Waals surface area contributed by atoms with Crippen LogP contribution in [-0.4, -0.2) is 15.9 Å². The number of nitrogens with zero attached hydrogens (tertiary/aromatic N) is 1. The van der Waals surface area contributed by atoms with Crippen LogP contribution in [0.4, 0.5) is 10.1 Å². The van der Waals surface area contributed by atoms with Crippen LogP contribution in [0.3, 0.4) is 0 Å². The Morgan fingerprint density at radius 2 is 2.16 bits per heavy atom. The van der Waals surface area contributed by atoms with Gasteiger partial charge < -0.3 is 9.42 Å². The van der Waals surface area contributed by atoms with E-state index in [-0.39, 0.29) is 5.56 Å². The molecule has 6 nitrogen and oxygen atoms in total. The monoisotopic (exact) mass is 291 g/mol. The zero-order valence-corrected chi connectivity index (χ0v) is 11.5. The normalized spacial score (nSPS) is 15.8. The Morgan fingerprint density at radius 3 is 2.68 bits per heavy atom. The quantitative estimate of drug-likeness (QED) is 0.493. The molecule has 0 fully saturated rings. The fraction of sp³-hybridized carbons (Fsp3) is 0.455. The van der Waals surface area contributed by atoms with Crippen molar-refractivity contribution in [2.24, 2.45) is 0 Å². The van der Waals surface area contributed by atoms with Gasteiger partial charge in [0.25, 0.3) is 5.69 Å². The van der Waals surface area contributed by atoms with Crippen LogP contribution in [0.15, 0.2) is 18.2 Å². The Bertz CT molecular complexity index is 522. The van der Waals surface area contributed by atoms with E-state index in [9.17, 15) is 24.0 Å². The van der Waals surface area contributed by atoms with Crippen molar-refractivity contribution in [3.8, 4) is 0 Å². The zero-order valence-electron chi connectivity index (χ0n) is 10.6. The van der Waals surface area contributed by atoms with E-state index in [2.05, 4.69) is 0 Å². The molecule has 0 spiro atoms. The van der Waals surface area contributed by atoms with Gasteiger partial charge >= 0.3 is 7.60 Å². The number of benzene rings is 1.